The average Bonchev–Trinajstić information content (AvgIpc) is 2.30. The van der Waals surface area contributed by atoms with Gasteiger partial charge in [0.05, 0.1) is 5.56 Å². The smallest absolute Gasteiger partial charge is 0.335 e. The maximum Gasteiger partial charge on any atom is 0.335 e. The lowest BCUT2D eigenvalue weighted by Gasteiger charge is -2.06. The van der Waals surface area contributed by atoms with Crippen molar-refractivity contribution in [3.8, 4) is 0 Å². The van der Waals surface area contributed by atoms with Crippen LogP contribution in [0.3, 0.4) is 0 Å². The normalized spacial score (nSPS) is 9.65. The van der Waals surface area contributed by atoms with Gasteiger partial charge < -0.3 is 10.4 Å². The number of hydrogen-bond donors (Lipinski definition) is 2. The summed E-state index contributed by atoms with van der Waals surface area (Å²) in [5.41, 5.74) is 1.00. The van der Waals surface area contributed by atoms with Crippen molar-refractivity contribution in [1.29, 1.82) is 0 Å². The minimum atomic E-state index is -0.946. The first-order chi connectivity index (χ1) is 8.15. The van der Waals surface area contributed by atoms with Crippen LogP contribution < -0.4 is 5.32 Å². The Morgan fingerprint density at radius 3 is 2.71 bits per heavy atom. The fraction of sp³-hybridized carbons (Fsp3) is 0.231. The molecule has 0 saturated carbocycles. The van der Waals surface area contributed by atoms with E-state index < -0.39 is 5.97 Å². The van der Waals surface area contributed by atoms with Crippen molar-refractivity contribution in [1.82, 2.24) is 5.32 Å². The molecule has 17 heavy (non-hydrogen) atoms. The maximum atomic E-state index is 11.2. The molecule has 0 aromatic heterocycles. The molecule has 1 aromatic carbocycles. The summed E-state index contributed by atoms with van der Waals surface area (Å²) in [6, 6.07) is 6.78. The second-order valence-corrected chi connectivity index (χ2v) is 3.56. The molecule has 0 spiro atoms. The fourth-order valence-electron chi connectivity index (χ4n) is 1.49. The van der Waals surface area contributed by atoms with E-state index in [0.29, 0.717) is 13.0 Å². The fourth-order valence-corrected chi connectivity index (χ4v) is 1.49. The number of benzene rings is 1. The summed E-state index contributed by atoms with van der Waals surface area (Å²) in [4.78, 5) is 22.1. The zero-order valence-corrected chi connectivity index (χ0v) is 9.48. The van der Waals surface area contributed by atoms with Crippen molar-refractivity contribution in [3.05, 3.63) is 48.0 Å². The van der Waals surface area contributed by atoms with Gasteiger partial charge in [0, 0.05) is 13.0 Å². The summed E-state index contributed by atoms with van der Waals surface area (Å²) in [7, 11) is 0. The Morgan fingerprint density at radius 2 is 2.06 bits per heavy atom. The third-order valence-electron chi connectivity index (χ3n) is 2.29. The summed E-state index contributed by atoms with van der Waals surface area (Å²) in [5, 5.41) is 11.7. The van der Waals surface area contributed by atoms with E-state index >= 15 is 0 Å². The number of carboxylic acid groups (broad SMARTS) is 1. The summed E-state index contributed by atoms with van der Waals surface area (Å²) in [5.74, 6) is -1.05. The number of aromatic carboxylic acids is 1. The first kappa shape index (κ1) is 13.0. The number of hydrogen-bond acceptors (Lipinski definition) is 2. The quantitative estimate of drug-likeness (QED) is 0.734. The Hall–Kier alpha value is -2.10. The van der Waals surface area contributed by atoms with Crippen LogP contribution in [-0.4, -0.2) is 23.5 Å². The van der Waals surface area contributed by atoms with Gasteiger partial charge in [0.25, 0.3) is 0 Å². The van der Waals surface area contributed by atoms with Gasteiger partial charge in [-0.25, -0.2) is 4.79 Å². The van der Waals surface area contributed by atoms with Crippen LogP contribution in [0.1, 0.15) is 22.3 Å². The van der Waals surface area contributed by atoms with Gasteiger partial charge in [0.15, 0.2) is 0 Å². The molecule has 1 amide bonds. The molecule has 0 fully saturated rings. The van der Waals surface area contributed by atoms with Gasteiger partial charge in [-0.2, -0.15) is 0 Å². The minimum Gasteiger partial charge on any atom is -0.478 e. The van der Waals surface area contributed by atoms with Gasteiger partial charge in [-0.15, -0.1) is 6.58 Å². The van der Waals surface area contributed by atoms with Gasteiger partial charge >= 0.3 is 5.97 Å². The molecule has 4 nitrogen and oxygen atoms in total. The highest BCUT2D eigenvalue weighted by Crippen LogP contribution is 2.08. The first-order valence-corrected chi connectivity index (χ1v) is 5.34. The van der Waals surface area contributed by atoms with E-state index in [1.807, 2.05) is 0 Å². The summed E-state index contributed by atoms with van der Waals surface area (Å²) in [6.07, 6.45) is 2.31. The maximum absolute atomic E-state index is 11.2. The Labute approximate surface area is 100.0 Å². The van der Waals surface area contributed by atoms with Crippen LogP contribution in [-0.2, 0) is 11.2 Å². The molecule has 1 aromatic rings. The number of carbonyl (C=O) groups is 2. The van der Waals surface area contributed by atoms with E-state index in [1.165, 1.54) is 6.08 Å². The molecule has 0 saturated heterocycles. The second kappa shape index (κ2) is 6.48. The van der Waals surface area contributed by atoms with Crippen LogP contribution in [0.2, 0.25) is 0 Å². The predicted molar refractivity (Wildman–Crippen MR) is 64.9 cm³/mol. The van der Waals surface area contributed by atoms with E-state index in [1.54, 1.807) is 24.3 Å². The molecule has 0 unspecified atom stereocenters. The number of carbonyl (C=O) groups excluding carboxylic acids is 1. The molecule has 2 N–H and O–H groups in total. The van der Waals surface area contributed by atoms with Crippen molar-refractivity contribution in [2.24, 2.45) is 0 Å². The number of nitrogens with one attached hydrogen (secondary N) is 1. The lowest BCUT2D eigenvalue weighted by Crippen LogP contribution is -2.25. The Bertz CT molecular complexity index is 426. The predicted octanol–water partition coefficient (Wildman–Crippen LogP) is 1.62. The standard InChI is InChI=1S/C13H15NO3/c1-2-5-12(15)14-9-8-10-6-3-4-7-11(10)13(16)17/h2-4,6-7H,1,5,8-9H2,(H,14,15)(H,16,17). The SMILES string of the molecule is C=CCC(=O)NCCc1ccccc1C(=O)O. The zero-order chi connectivity index (χ0) is 12.7. The Morgan fingerprint density at radius 1 is 1.35 bits per heavy atom. The van der Waals surface area contributed by atoms with E-state index in [0.717, 1.165) is 5.56 Å². The number of rotatable bonds is 6. The molecule has 0 aliphatic carbocycles. The lowest BCUT2D eigenvalue weighted by molar-refractivity contribution is -0.120. The van der Waals surface area contributed by atoms with Crippen LogP contribution in [0.15, 0.2) is 36.9 Å². The van der Waals surface area contributed by atoms with E-state index in [2.05, 4.69) is 11.9 Å². The summed E-state index contributed by atoms with van der Waals surface area (Å²) >= 11 is 0. The third-order valence-corrected chi connectivity index (χ3v) is 2.29. The highest BCUT2D eigenvalue weighted by molar-refractivity contribution is 5.89. The monoisotopic (exact) mass is 233 g/mol. The highest BCUT2D eigenvalue weighted by Gasteiger charge is 2.08. The molecule has 0 aliphatic rings. The van der Waals surface area contributed by atoms with Crippen molar-refractivity contribution >= 4 is 11.9 Å². The van der Waals surface area contributed by atoms with Crippen molar-refractivity contribution in [3.63, 3.8) is 0 Å². The lowest BCUT2D eigenvalue weighted by atomic mass is 10.0. The molecule has 0 bridgehead atoms. The van der Waals surface area contributed by atoms with Crippen LogP contribution in [0.4, 0.5) is 0 Å². The van der Waals surface area contributed by atoms with Gasteiger partial charge in [-0.1, -0.05) is 24.3 Å². The van der Waals surface area contributed by atoms with Gasteiger partial charge in [0.2, 0.25) is 5.91 Å². The molecule has 4 heteroatoms. The van der Waals surface area contributed by atoms with Gasteiger partial charge in [-0.05, 0) is 18.1 Å². The molecule has 0 atom stereocenters. The highest BCUT2D eigenvalue weighted by atomic mass is 16.4. The molecular weight excluding hydrogens is 218 g/mol. The van der Waals surface area contributed by atoms with E-state index in [4.69, 9.17) is 5.11 Å². The van der Waals surface area contributed by atoms with E-state index in [9.17, 15) is 9.59 Å². The van der Waals surface area contributed by atoms with Crippen LogP contribution in [0, 0.1) is 0 Å². The van der Waals surface area contributed by atoms with Crippen LogP contribution in [0.5, 0.6) is 0 Å². The molecule has 0 heterocycles. The van der Waals surface area contributed by atoms with E-state index in [-0.39, 0.29) is 17.9 Å². The molecule has 90 valence electrons. The summed E-state index contributed by atoms with van der Waals surface area (Å²) in [6.45, 7) is 3.89. The second-order valence-electron chi connectivity index (χ2n) is 3.56. The molecule has 1 rings (SSSR count). The molecule has 0 radical (unpaired) electrons. The minimum absolute atomic E-state index is 0.104. The van der Waals surface area contributed by atoms with Gasteiger partial charge in [-0.3, -0.25) is 4.79 Å². The largest absolute Gasteiger partial charge is 0.478 e. The van der Waals surface area contributed by atoms with Crippen molar-refractivity contribution < 1.29 is 14.7 Å². The summed E-state index contributed by atoms with van der Waals surface area (Å²) < 4.78 is 0. The van der Waals surface area contributed by atoms with Crippen LogP contribution >= 0.6 is 0 Å². The van der Waals surface area contributed by atoms with Crippen LogP contribution in [0.25, 0.3) is 0 Å². The first-order valence-electron chi connectivity index (χ1n) is 5.34. The third kappa shape index (κ3) is 4.10. The van der Waals surface area contributed by atoms with Crippen molar-refractivity contribution in [2.45, 2.75) is 12.8 Å². The number of carboxylic acids is 1. The molecular formula is C13H15NO3. The Kier molecular flexibility index (Phi) is 4.94. The topological polar surface area (TPSA) is 66.4 Å². The zero-order valence-electron chi connectivity index (χ0n) is 9.48. The molecule has 0 aliphatic heterocycles. The number of amides is 1. The average molecular weight is 233 g/mol. The van der Waals surface area contributed by atoms with Gasteiger partial charge in [0.1, 0.15) is 0 Å². The Balaban J connectivity index is 2.54. The van der Waals surface area contributed by atoms with Crippen molar-refractivity contribution in [2.75, 3.05) is 6.54 Å².